The van der Waals surface area contributed by atoms with Crippen molar-refractivity contribution < 1.29 is 14.4 Å². The van der Waals surface area contributed by atoms with Gasteiger partial charge in [-0.1, -0.05) is 29.3 Å². The van der Waals surface area contributed by atoms with Gasteiger partial charge in [-0.15, -0.1) is 0 Å². The highest BCUT2D eigenvalue weighted by Crippen LogP contribution is 2.29. The van der Waals surface area contributed by atoms with Gasteiger partial charge in [-0.05, 0) is 56.2 Å². The van der Waals surface area contributed by atoms with Crippen LogP contribution in [-0.2, 0) is 9.59 Å². The largest absolute Gasteiger partial charge is 0.330 e. The molecular formula is C22H23Cl2N3O3. The SMILES string of the molecule is CCN(CC(=O)Nc1c(Cl)cccc1Cl)C(=O)c1ccc(N2CCCCC2=O)cc1. The lowest BCUT2D eigenvalue weighted by molar-refractivity contribution is -0.119. The zero-order valence-electron chi connectivity index (χ0n) is 16.7. The van der Waals surface area contributed by atoms with Gasteiger partial charge in [-0.3, -0.25) is 14.4 Å². The first-order valence-electron chi connectivity index (χ1n) is 9.84. The first-order valence-corrected chi connectivity index (χ1v) is 10.6. The summed E-state index contributed by atoms with van der Waals surface area (Å²) in [6.07, 6.45) is 2.44. The number of rotatable bonds is 6. The molecule has 3 rings (SSSR count). The van der Waals surface area contributed by atoms with Gasteiger partial charge in [0.25, 0.3) is 5.91 Å². The lowest BCUT2D eigenvalue weighted by Crippen LogP contribution is -2.38. The smallest absolute Gasteiger partial charge is 0.254 e. The highest BCUT2D eigenvalue weighted by Gasteiger charge is 2.22. The molecule has 1 saturated heterocycles. The minimum Gasteiger partial charge on any atom is -0.330 e. The average molecular weight is 448 g/mol. The second-order valence-electron chi connectivity index (χ2n) is 7.01. The second-order valence-corrected chi connectivity index (χ2v) is 7.83. The normalized spacial score (nSPS) is 13.8. The van der Waals surface area contributed by atoms with Crippen LogP contribution in [0.4, 0.5) is 11.4 Å². The maximum atomic E-state index is 12.9. The number of hydrogen-bond donors (Lipinski definition) is 1. The molecular weight excluding hydrogens is 425 g/mol. The van der Waals surface area contributed by atoms with E-state index in [0.717, 1.165) is 18.5 Å². The van der Waals surface area contributed by atoms with Crippen molar-refractivity contribution in [2.45, 2.75) is 26.2 Å². The summed E-state index contributed by atoms with van der Waals surface area (Å²) in [5, 5.41) is 3.32. The van der Waals surface area contributed by atoms with E-state index < -0.39 is 5.91 Å². The molecule has 0 aliphatic carbocycles. The van der Waals surface area contributed by atoms with Crippen LogP contribution in [0.1, 0.15) is 36.5 Å². The first kappa shape index (κ1) is 22.1. The Morgan fingerprint density at radius 1 is 1.07 bits per heavy atom. The fourth-order valence-electron chi connectivity index (χ4n) is 3.34. The van der Waals surface area contributed by atoms with Gasteiger partial charge < -0.3 is 15.1 Å². The monoisotopic (exact) mass is 447 g/mol. The molecule has 6 nitrogen and oxygen atoms in total. The molecule has 1 N–H and O–H groups in total. The third-order valence-electron chi connectivity index (χ3n) is 4.98. The molecule has 1 aliphatic heterocycles. The number of halogens is 2. The Morgan fingerprint density at radius 2 is 1.73 bits per heavy atom. The lowest BCUT2D eigenvalue weighted by atomic mass is 10.1. The average Bonchev–Trinajstić information content (AvgIpc) is 2.75. The highest BCUT2D eigenvalue weighted by molar-refractivity contribution is 6.39. The Bertz CT molecular complexity index is 927. The maximum Gasteiger partial charge on any atom is 0.254 e. The minimum atomic E-state index is -0.393. The zero-order chi connectivity index (χ0) is 21.7. The Labute approximate surface area is 185 Å². The van der Waals surface area contributed by atoms with Crippen molar-refractivity contribution in [1.82, 2.24) is 4.90 Å². The summed E-state index contributed by atoms with van der Waals surface area (Å²) in [6.45, 7) is 2.71. The summed E-state index contributed by atoms with van der Waals surface area (Å²) in [5.74, 6) is -0.560. The van der Waals surface area contributed by atoms with Gasteiger partial charge in [0.2, 0.25) is 11.8 Å². The van der Waals surface area contributed by atoms with Gasteiger partial charge in [-0.25, -0.2) is 0 Å². The maximum absolute atomic E-state index is 12.9. The van der Waals surface area contributed by atoms with E-state index in [9.17, 15) is 14.4 Å². The number of piperidine rings is 1. The number of hydrogen-bond acceptors (Lipinski definition) is 3. The van der Waals surface area contributed by atoms with Crippen molar-refractivity contribution in [3.8, 4) is 0 Å². The van der Waals surface area contributed by atoms with Crippen LogP contribution >= 0.6 is 23.2 Å². The number of carbonyl (C=O) groups is 3. The highest BCUT2D eigenvalue weighted by atomic mass is 35.5. The molecule has 2 aromatic carbocycles. The summed E-state index contributed by atoms with van der Waals surface area (Å²) in [4.78, 5) is 40.6. The van der Waals surface area contributed by atoms with Gasteiger partial charge in [0, 0.05) is 30.8 Å². The van der Waals surface area contributed by atoms with Gasteiger partial charge in [0.15, 0.2) is 0 Å². The number of nitrogens with zero attached hydrogens (tertiary/aromatic N) is 2. The van der Waals surface area contributed by atoms with Crippen LogP contribution in [0.25, 0.3) is 0 Å². The van der Waals surface area contributed by atoms with Crippen LogP contribution in [0.15, 0.2) is 42.5 Å². The van der Waals surface area contributed by atoms with Crippen molar-refractivity contribution >= 4 is 52.3 Å². The van der Waals surface area contributed by atoms with Crippen molar-refractivity contribution in [1.29, 1.82) is 0 Å². The molecule has 30 heavy (non-hydrogen) atoms. The van der Waals surface area contributed by atoms with E-state index in [4.69, 9.17) is 23.2 Å². The summed E-state index contributed by atoms with van der Waals surface area (Å²) in [7, 11) is 0. The Kier molecular flexibility index (Phi) is 7.34. The number of benzene rings is 2. The van der Waals surface area contributed by atoms with Crippen LogP contribution in [0.2, 0.25) is 10.0 Å². The predicted molar refractivity (Wildman–Crippen MR) is 119 cm³/mol. The van der Waals surface area contributed by atoms with E-state index in [1.165, 1.54) is 4.90 Å². The number of carbonyl (C=O) groups excluding carboxylic acids is 3. The van der Waals surface area contributed by atoms with E-state index >= 15 is 0 Å². The summed E-state index contributed by atoms with van der Waals surface area (Å²) in [5.41, 5.74) is 1.56. The molecule has 0 aromatic heterocycles. The van der Waals surface area contributed by atoms with E-state index in [1.807, 2.05) is 0 Å². The third-order valence-corrected chi connectivity index (χ3v) is 5.61. The molecule has 0 atom stereocenters. The second kappa shape index (κ2) is 9.96. The number of nitrogens with one attached hydrogen (secondary N) is 1. The quantitative estimate of drug-likeness (QED) is 0.702. The van der Waals surface area contributed by atoms with Crippen molar-refractivity contribution in [3.05, 3.63) is 58.1 Å². The molecule has 0 unspecified atom stereocenters. The van der Waals surface area contributed by atoms with Crippen LogP contribution in [0.5, 0.6) is 0 Å². The molecule has 1 fully saturated rings. The standard InChI is InChI=1S/C22H23Cl2N3O3/c1-2-26(14-19(28)25-21-17(23)6-5-7-18(21)24)22(30)15-9-11-16(12-10-15)27-13-4-3-8-20(27)29/h5-7,9-12H,2-4,8,13-14H2,1H3,(H,25,28). The van der Waals surface area contributed by atoms with Gasteiger partial charge >= 0.3 is 0 Å². The number of anilines is 2. The minimum absolute atomic E-state index is 0.102. The molecule has 2 aromatic rings. The van der Waals surface area contributed by atoms with Crippen LogP contribution in [0.3, 0.4) is 0 Å². The topological polar surface area (TPSA) is 69.7 Å². The number of amides is 3. The molecule has 1 aliphatic rings. The molecule has 158 valence electrons. The van der Waals surface area contributed by atoms with Crippen LogP contribution < -0.4 is 10.2 Å². The molecule has 0 bridgehead atoms. The Hall–Kier alpha value is -2.57. The number of likely N-dealkylation sites (N-methyl/N-ethyl adjacent to an activating group) is 1. The number of para-hydroxylation sites is 1. The van der Waals surface area contributed by atoms with Gasteiger partial charge in [-0.2, -0.15) is 0 Å². The Morgan fingerprint density at radius 3 is 2.33 bits per heavy atom. The van der Waals surface area contributed by atoms with E-state index in [0.29, 0.717) is 40.8 Å². The van der Waals surface area contributed by atoms with Crippen LogP contribution in [-0.4, -0.2) is 42.3 Å². The zero-order valence-corrected chi connectivity index (χ0v) is 18.2. The molecule has 1 heterocycles. The van der Waals surface area contributed by atoms with E-state index in [2.05, 4.69) is 5.32 Å². The summed E-state index contributed by atoms with van der Waals surface area (Å²) in [6, 6.07) is 11.8. The molecule has 0 spiro atoms. The van der Waals surface area contributed by atoms with Crippen molar-refractivity contribution in [2.75, 3.05) is 29.9 Å². The molecule has 8 heteroatoms. The van der Waals surface area contributed by atoms with E-state index in [-0.39, 0.29) is 18.4 Å². The predicted octanol–water partition coefficient (Wildman–Crippen LogP) is 4.61. The first-order chi connectivity index (χ1) is 14.4. The molecule has 0 radical (unpaired) electrons. The fraction of sp³-hybridized carbons (Fsp3) is 0.318. The molecule has 0 saturated carbocycles. The van der Waals surface area contributed by atoms with Crippen LogP contribution in [0, 0.1) is 0 Å². The van der Waals surface area contributed by atoms with Gasteiger partial charge in [0.1, 0.15) is 6.54 Å². The van der Waals surface area contributed by atoms with Gasteiger partial charge in [0.05, 0.1) is 15.7 Å². The van der Waals surface area contributed by atoms with Crippen molar-refractivity contribution in [3.63, 3.8) is 0 Å². The van der Waals surface area contributed by atoms with E-state index in [1.54, 1.807) is 54.3 Å². The fourth-order valence-corrected chi connectivity index (χ4v) is 3.83. The van der Waals surface area contributed by atoms with Crippen molar-refractivity contribution in [2.24, 2.45) is 0 Å². The molecule has 3 amide bonds. The lowest BCUT2D eigenvalue weighted by Gasteiger charge is -2.27. The summed E-state index contributed by atoms with van der Waals surface area (Å²) < 4.78 is 0. The Balaban J connectivity index is 1.66. The summed E-state index contributed by atoms with van der Waals surface area (Å²) >= 11 is 12.2. The third kappa shape index (κ3) is 5.12.